The van der Waals surface area contributed by atoms with E-state index in [4.69, 9.17) is 4.74 Å². The molecule has 142 valence electrons. The molecule has 1 N–H and O–H groups in total. The molecule has 1 heterocycles. The Labute approximate surface area is 168 Å². The van der Waals surface area contributed by atoms with Gasteiger partial charge in [-0.15, -0.1) is 11.3 Å². The molecule has 3 aromatic rings. The second-order valence-corrected chi connectivity index (χ2v) is 7.67. The molecule has 1 aliphatic carbocycles. The van der Waals surface area contributed by atoms with Crippen molar-refractivity contribution >= 4 is 28.2 Å². The van der Waals surface area contributed by atoms with E-state index in [0.29, 0.717) is 10.6 Å². The number of thiophene rings is 1. The first-order valence-electron chi connectivity index (χ1n) is 9.39. The Morgan fingerprint density at radius 2 is 1.75 bits per heavy atom. The van der Waals surface area contributed by atoms with Crippen molar-refractivity contribution in [3.63, 3.8) is 0 Å². The minimum atomic E-state index is -0.409. The highest BCUT2D eigenvalue weighted by atomic mass is 32.1. The van der Waals surface area contributed by atoms with Crippen LogP contribution in [0.25, 0.3) is 11.1 Å². The summed E-state index contributed by atoms with van der Waals surface area (Å²) >= 11 is 1.36. The van der Waals surface area contributed by atoms with E-state index in [-0.39, 0.29) is 24.3 Å². The highest BCUT2D eigenvalue weighted by Crippen LogP contribution is 2.48. The molecule has 2 aromatic carbocycles. The van der Waals surface area contributed by atoms with Gasteiger partial charge in [-0.1, -0.05) is 60.7 Å². The van der Waals surface area contributed by atoms with Crippen LogP contribution in [0.4, 0.5) is 5.00 Å². The summed E-state index contributed by atoms with van der Waals surface area (Å²) in [6, 6.07) is 19.7. The van der Waals surface area contributed by atoms with Crippen molar-refractivity contribution < 1.29 is 14.3 Å². The van der Waals surface area contributed by atoms with Crippen molar-refractivity contribution in [1.29, 1.82) is 0 Å². The number of anilines is 1. The molecule has 2 unspecified atom stereocenters. The van der Waals surface area contributed by atoms with E-state index in [1.165, 1.54) is 16.9 Å². The predicted octanol–water partition coefficient (Wildman–Crippen LogP) is 5.33. The van der Waals surface area contributed by atoms with Crippen LogP contribution in [0.1, 0.15) is 35.2 Å². The fourth-order valence-electron chi connectivity index (χ4n) is 3.44. The summed E-state index contributed by atoms with van der Waals surface area (Å²) in [6.07, 6.45) is 0.835. The second kappa shape index (κ2) is 7.98. The van der Waals surface area contributed by atoms with Crippen LogP contribution in [0, 0.1) is 5.92 Å². The maximum atomic E-state index is 12.8. The van der Waals surface area contributed by atoms with Gasteiger partial charge in [-0.05, 0) is 30.4 Å². The first-order valence-corrected chi connectivity index (χ1v) is 10.3. The van der Waals surface area contributed by atoms with Gasteiger partial charge < -0.3 is 10.1 Å². The molecule has 1 aliphatic rings. The van der Waals surface area contributed by atoms with Gasteiger partial charge in [0.15, 0.2) is 0 Å². The fraction of sp³-hybridized carbons (Fsp3) is 0.217. The molecule has 0 bridgehead atoms. The third-order valence-electron chi connectivity index (χ3n) is 4.95. The molecule has 0 saturated heterocycles. The minimum absolute atomic E-state index is 0.0409. The van der Waals surface area contributed by atoms with E-state index in [1.807, 2.05) is 53.9 Å². The first kappa shape index (κ1) is 18.4. The Bertz CT molecular complexity index is 982. The molecular formula is C23H21NO3S. The monoisotopic (exact) mass is 391 g/mol. The molecule has 28 heavy (non-hydrogen) atoms. The summed E-state index contributed by atoms with van der Waals surface area (Å²) in [5.74, 6) is -0.255. The summed E-state index contributed by atoms with van der Waals surface area (Å²) in [5, 5.41) is 5.44. The highest BCUT2D eigenvalue weighted by molar-refractivity contribution is 7.15. The maximum absolute atomic E-state index is 12.8. The molecule has 1 fully saturated rings. The van der Waals surface area contributed by atoms with Crippen molar-refractivity contribution in [2.75, 3.05) is 11.9 Å². The van der Waals surface area contributed by atoms with Gasteiger partial charge in [0.1, 0.15) is 10.6 Å². The normalized spacial score (nSPS) is 17.8. The van der Waals surface area contributed by atoms with Crippen LogP contribution in [-0.2, 0) is 9.53 Å². The van der Waals surface area contributed by atoms with E-state index < -0.39 is 5.97 Å². The number of esters is 1. The quantitative estimate of drug-likeness (QED) is 0.578. The maximum Gasteiger partial charge on any atom is 0.341 e. The van der Waals surface area contributed by atoms with E-state index >= 15 is 0 Å². The Morgan fingerprint density at radius 1 is 1.07 bits per heavy atom. The Morgan fingerprint density at radius 3 is 2.43 bits per heavy atom. The second-order valence-electron chi connectivity index (χ2n) is 6.79. The minimum Gasteiger partial charge on any atom is -0.462 e. The predicted molar refractivity (Wildman–Crippen MR) is 112 cm³/mol. The van der Waals surface area contributed by atoms with E-state index in [2.05, 4.69) is 17.4 Å². The molecule has 1 aromatic heterocycles. The molecular weight excluding hydrogens is 370 g/mol. The fourth-order valence-corrected chi connectivity index (χ4v) is 4.40. The van der Waals surface area contributed by atoms with Crippen LogP contribution in [0.3, 0.4) is 0 Å². The summed E-state index contributed by atoms with van der Waals surface area (Å²) < 4.78 is 5.25. The lowest BCUT2D eigenvalue weighted by Crippen LogP contribution is -2.16. The Hall–Kier alpha value is -2.92. The molecule has 1 amide bonds. The zero-order chi connectivity index (χ0) is 19.5. The number of amides is 1. The topological polar surface area (TPSA) is 55.4 Å². The third-order valence-corrected chi connectivity index (χ3v) is 5.84. The molecule has 0 spiro atoms. The Kier molecular flexibility index (Phi) is 5.26. The van der Waals surface area contributed by atoms with Gasteiger partial charge in [0.25, 0.3) is 0 Å². The van der Waals surface area contributed by atoms with Crippen LogP contribution >= 0.6 is 11.3 Å². The van der Waals surface area contributed by atoms with Crippen LogP contribution in [-0.4, -0.2) is 18.5 Å². The lowest BCUT2D eigenvalue weighted by molar-refractivity contribution is -0.117. The standard InChI is InChI=1S/C23H21NO3S/c1-2-27-23(26)20-19(16-11-7-4-8-12-16)14-28-22(20)24-21(25)18-13-17(18)15-9-5-3-6-10-15/h3-12,14,17-18H,2,13H2,1H3,(H,24,25). The van der Waals surface area contributed by atoms with Crippen LogP contribution in [0.15, 0.2) is 66.0 Å². The van der Waals surface area contributed by atoms with E-state index in [9.17, 15) is 9.59 Å². The molecule has 4 nitrogen and oxygen atoms in total. The van der Waals surface area contributed by atoms with Crippen molar-refractivity contribution in [1.82, 2.24) is 0 Å². The van der Waals surface area contributed by atoms with Gasteiger partial charge in [-0.25, -0.2) is 4.79 Å². The van der Waals surface area contributed by atoms with Gasteiger partial charge in [-0.3, -0.25) is 4.79 Å². The number of benzene rings is 2. The zero-order valence-electron chi connectivity index (χ0n) is 15.6. The van der Waals surface area contributed by atoms with Crippen LogP contribution in [0.5, 0.6) is 0 Å². The summed E-state index contributed by atoms with van der Waals surface area (Å²) in [4.78, 5) is 25.4. The van der Waals surface area contributed by atoms with Gasteiger partial charge in [0, 0.05) is 16.9 Å². The third kappa shape index (κ3) is 3.71. The average Bonchev–Trinajstić information content (AvgIpc) is 3.43. The van der Waals surface area contributed by atoms with E-state index in [0.717, 1.165) is 17.5 Å². The SMILES string of the molecule is CCOC(=O)c1c(-c2ccccc2)csc1NC(=O)C1CC1c1ccccc1. The number of hydrogen-bond acceptors (Lipinski definition) is 4. The van der Waals surface area contributed by atoms with Gasteiger partial charge in [0.2, 0.25) is 5.91 Å². The molecule has 2 atom stereocenters. The number of nitrogens with one attached hydrogen (secondary N) is 1. The average molecular weight is 391 g/mol. The largest absolute Gasteiger partial charge is 0.462 e. The number of ether oxygens (including phenoxy) is 1. The lowest BCUT2D eigenvalue weighted by atomic mass is 10.0. The molecule has 4 rings (SSSR count). The smallest absolute Gasteiger partial charge is 0.341 e. The van der Waals surface area contributed by atoms with Gasteiger partial charge in [-0.2, -0.15) is 0 Å². The highest BCUT2D eigenvalue weighted by Gasteiger charge is 2.44. The van der Waals surface area contributed by atoms with Crippen molar-refractivity contribution in [3.05, 3.63) is 77.2 Å². The van der Waals surface area contributed by atoms with Crippen molar-refractivity contribution in [3.8, 4) is 11.1 Å². The summed E-state index contributed by atoms with van der Waals surface area (Å²) in [5.41, 5.74) is 3.33. The molecule has 0 aliphatic heterocycles. The summed E-state index contributed by atoms with van der Waals surface area (Å²) in [6.45, 7) is 2.06. The van der Waals surface area contributed by atoms with Gasteiger partial charge in [0.05, 0.1) is 6.61 Å². The number of carbonyl (C=O) groups is 2. The van der Waals surface area contributed by atoms with Crippen molar-refractivity contribution in [2.24, 2.45) is 5.92 Å². The lowest BCUT2D eigenvalue weighted by Gasteiger charge is -2.09. The number of rotatable bonds is 6. The van der Waals surface area contributed by atoms with Crippen LogP contribution < -0.4 is 5.32 Å². The van der Waals surface area contributed by atoms with Crippen molar-refractivity contribution in [2.45, 2.75) is 19.3 Å². The van der Waals surface area contributed by atoms with Crippen LogP contribution in [0.2, 0.25) is 0 Å². The first-order chi connectivity index (χ1) is 13.7. The number of carbonyl (C=O) groups excluding carboxylic acids is 2. The summed E-state index contributed by atoms with van der Waals surface area (Å²) in [7, 11) is 0. The van der Waals surface area contributed by atoms with Gasteiger partial charge >= 0.3 is 5.97 Å². The van der Waals surface area contributed by atoms with E-state index in [1.54, 1.807) is 6.92 Å². The zero-order valence-corrected chi connectivity index (χ0v) is 16.4. The molecule has 0 radical (unpaired) electrons. The Balaban J connectivity index is 1.57. The number of hydrogen-bond donors (Lipinski definition) is 1. The molecule has 1 saturated carbocycles. The molecule has 5 heteroatoms.